The molecule has 3 aromatic rings. The van der Waals surface area contributed by atoms with Crippen LogP contribution in [0.25, 0.3) is 0 Å². The summed E-state index contributed by atoms with van der Waals surface area (Å²) in [6.45, 7) is 3.99. The van der Waals surface area contributed by atoms with Gasteiger partial charge in [-0.15, -0.1) is 11.3 Å². The van der Waals surface area contributed by atoms with E-state index in [4.69, 9.17) is 4.74 Å². The lowest BCUT2D eigenvalue weighted by Crippen LogP contribution is -2.52. The van der Waals surface area contributed by atoms with Gasteiger partial charge in [0.2, 0.25) is 0 Å². The van der Waals surface area contributed by atoms with Crippen molar-refractivity contribution in [2.45, 2.75) is 45.0 Å². The molecule has 0 fully saturated rings. The third kappa shape index (κ3) is 8.20. The van der Waals surface area contributed by atoms with Crippen LogP contribution in [0.4, 0.5) is 0 Å². The van der Waals surface area contributed by atoms with Crippen molar-refractivity contribution in [1.29, 1.82) is 0 Å². The fourth-order valence-electron chi connectivity index (χ4n) is 3.95. The SMILES string of the molecule is COC(=O)[C@H](NC[C@H](Cc1ccccc1)NC(=O)c1cccc(C(=O)N(C)Cc2nc(C)cs2)c1)[C@@H](C)O. The minimum atomic E-state index is -0.983. The number of benzene rings is 2. The van der Waals surface area contributed by atoms with E-state index < -0.39 is 24.2 Å². The molecule has 0 bridgehead atoms. The van der Waals surface area contributed by atoms with E-state index in [1.165, 1.54) is 25.4 Å². The Balaban J connectivity index is 1.72. The highest BCUT2D eigenvalue weighted by atomic mass is 32.1. The number of methoxy groups -OCH3 is 1. The Kier molecular flexibility index (Phi) is 10.5. The second-order valence-corrected chi connectivity index (χ2v) is 10.1. The number of aliphatic hydroxyl groups excluding tert-OH is 1. The molecule has 0 aliphatic carbocycles. The van der Waals surface area contributed by atoms with Crippen molar-refractivity contribution in [2.75, 3.05) is 20.7 Å². The van der Waals surface area contributed by atoms with Crippen LogP contribution in [0.1, 0.15) is 43.9 Å². The fraction of sp³-hybridized carbons (Fsp3) is 0.357. The molecule has 0 aliphatic rings. The molecule has 0 spiro atoms. The van der Waals surface area contributed by atoms with Crippen LogP contribution in [-0.4, -0.2) is 71.7 Å². The van der Waals surface area contributed by atoms with Gasteiger partial charge in [0.15, 0.2) is 0 Å². The maximum Gasteiger partial charge on any atom is 0.325 e. The van der Waals surface area contributed by atoms with Gasteiger partial charge in [-0.3, -0.25) is 14.4 Å². The van der Waals surface area contributed by atoms with E-state index >= 15 is 0 Å². The van der Waals surface area contributed by atoms with Gasteiger partial charge in [0, 0.05) is 41.8 Å². The van der Waals surface area contributed by atoms with Crippen molar-refractivity contribution < 1.29 is 24.2 Å². The number of carbonyl (C=O) groups excluding carboxylic acids is 3. The summed E-state index contributed by atoms with van der Waals surface area (Å²) in [6.07, 6.45) is -0.495. The molecule has 0 aliphatic heterocycles. The monoisotopic (exact) mass is 538 g/mol. The quantitative estimate of drug-likeness (QED) is 0.303. The van der Waals surface area contributed by atoms with Gasteiger partial charge in [-0.2, -0.15) is 0 Å². The minimum absolute atomic E-state index is 0.208. The molecule has 3 N–H and O–H groups in total. The number of nitrogens with one attached hydrogen (secondary N) is 2. The summed E-state index contributed by atoms with van der Waals surface area (Å²) in [4.78, 5) is 44.3. The van der Waals surface area contributed by atoms with E-state index in [-0.39, 0.29) is 18.4 Å². The maximum atomic E-state index is 13.2. The van der Waals surface area contributed by atoms with Crippen LogP contribution < -0.4 is 10.6 Å². The Bertz CT molecular complexity index is 1230. The number of amides is 2. The van der Waals surface area contributed by atoms with Gasteiger partial charge < -0.3 is 25.4 Å². The van der Waals surface area contributed by atoms with E-state index in [1.807, 2.05) is 42.6 Å². The molecule has 38 heavy (non-hydrogen) atoms. The van der Waals surface area contributed by atoms with Gasteiger partial charge in [0.05, 0.1) is 19.8 Å². The maximum absolute atomic E-state index is 13.2. The first kappa shape index (κ1) is 29.0. The molecular weight excluding hydrogens is 504 g/mol. The van der Waals surface area contributed by atoms with Crippen LogP contribution in [-0.2, 0) is 22.5 Å². The molecule has 1 aromatic heterocycles. The Morgan fingerprint density at radius 3 is 2.45 bits per heavy atom. The Hall–Kier alpha value is -3.60. The van der Waals surface area contributed by atoms with Gasteiger partial charge >= 0.3 is 5.97 Å². The zero-order valence-electron chi connectivity index (χ0n) is 22.0. The molecule has 0 saturated carbocycles. The summed E-state index contributed by atoms with van der Waals surface area (Å²) in [5.41, 5.74) is 2.64. The van der Waals surface area contributed by atoms with Gasteiger partial charge in [-0.25, -0.2) is 4.98 Å². The molecule has 0 saturated heterocycles. The third-order valence-corrected chi connectivity index (χ3v) is 6.89. The largest absolute Gasteiger partial charge is 0.468 e. The number of thiazole rings is 1. The smallest absolute Gasteiger partial charge is 0.325 e. The van der Waals surface area contributed by atoms with Crippen LogP contribution in [0.5, 0.6) is 0 Å². The Morgan fingerprint density at radius 1 is 1.11 bits per heavy atom. The number of rotatable bonds is 12. The van der Waals surface area contributed by atoms with Crippen molar-refractivity contribution in [2.24, 2.45) is 0 Å². The molecule has 2 aromatic carbocycles. The average Bonchev–Trinajstić information content (AvgIpc) is 3.32. The van der Waals surface area contributed by atoms with E-state index in [9.17, 15) is 19.5 Å². The van der Waals surface area contributed by atoms with E-state index in [1.54, 1.807) is 36.2 Å². The number of hydrogen-bond donors (Lipinski definition) is 3. The third-order valence-electron chi connectivity index (χ3n) is 5.94. The van der Waals surface area contributed by atoms with Gasteiger partial charge in [-0.05, 0) is 44.0 Å². The summed E-state index contributed by atoms with van der Waals surface area (Å²) in [7, 11) is 2.96. The minimum Gasteiger partial charge on any atom is -0.468 e. The molecule has 202 valence electrons. The zero-order chi connectivity index (χ0) is 27.7. The van der Waals surface area contributed by atoms with E-state index in [0.29, 0.717) is 24.1 Å². The number of aromatic nitrogens is 1. The van der Waals surface area contributed by atoms with Crippen molar-refractivity contribution in [3.05, 3.63) is 87.4 Å². The number of nitrogens with zero attached hydrogens (tertiary/aromatic N) is 2. The fourth-order valence-corrected chi connectivity index (χ4v) is 4.78. The van der Waals surface area contributed by atoms with Crippen molar-refractivity contribution in [1.82, 2.24) is 20.5 Å². The number of aryl methyl sites for hydroxylation is 1. The number of ether oxygens (including phenoxy) is 1. The predicted molar refractivity (Wildman–Crippen MR) is 146 cm³/mol. The highest BCUT2D eigenvalue weighted by molar-refractivity contribution is 7.09. The zero-order valence-corrected chi connectivity index (χ0v) is 22.8. The summed E-state index contributed by atoms with van der Waals surface area (Å²) in [5, 5.41) is 18.8. The average molecular weight is 539 g/mol. The van der Waals surface area contributed by atoms with Crippen molar-refractivity contribution in [3.63, 3.8) is 0 Å². The number of esters is 1. The first-order chi connectivity index (χ1) is 18.2. The second kappa shape index (κ2) is 13.8. The molecule has 2 amide bonds. The highest BCUT2D eigenvalue weighted by Gasteiger charge is 2.26. The summed E-state index contributed by atoms with van der Waals surface area (Å²) >= 11 is 1.50. The van der Waals surface area contributed by atoms with E-state index in [2.05, 4.69) is 15.6 Å². The van der Waals surface area contributed by atoms with Gasteiger partial charge in [-0.1, -0.05) is 36.4 Å². The van der Waals surface area contributed by atoms with Crippen LogP contribution in [0.15, 0.2) is 60.0 Å². The molecule has 3 rings (SSSR count). The van der Waals surface area contributed by atoms with Gasteiger partial charge in [0.1, 0.15) is 11.0 Å². The molecule has 0 radical (unpaired) electrons. The summed E-state index contributed by atoms with van der Waals surface area (Å²) in [6, 6.07) is 14.8. The summed E-state index contributed by atoms with van der Waals surface area (Å²) < 4.78 is 4.78. The Labute approximate surface area is 226 Å². The lowest BCUT2D eigenvalue weighted by atomic mass is 10.0. The van der Waals surface area contributed by atoms with Crippen molar-refractivity contribution >= 4 is 29.1 Å². The van der Waals surface area contributed by atoms with Crippen LogP contribution in [0.3, 0.4) is 0 Å². The molecule has 9 nitrogen and oxygen atoms in total. The molecule has 1 heterocycles. The van der Waals surface area contributed by atoms with Crippen LogP contribution in [0, 0.1) is 6.92 Å². The lowest BCUT2D eigenvalue weighted by molar-refractivity contribution is -0.145. The first-order valence-corrected chi connectivity index (χ1v) is 13.2. The standard InChI is InChI=1S/C28H34N4O5S/c1-18-17-38-24(30-18)16-32(3)27(35)22-12-8-11-21(14-22)26(34)31-23(13-20-9-6-5-7-10-20)15-29-25(19(2)33)28(36)37-4/h5-12,14,17,19,23,25,29,33H,13,15-16H2,1-4H3,(H,31,34)/t19-,23+,25-/m1/s1. The molecule has 3 atom stereocenters. The van der Waals surface area contributed by atoms with Crippen LogP contribution >= 0.6 is 11.3 Å². The summed E-state index contributed by atoms with van der Waals surface area (Å²) in [5.74, 6) is -1.16. The predicted octanol–water partition coefficient (Wildman–Crippen LogP) is 2.58. The second-order valence-electron chi connectivity index (χ2n) is 9.13. The van der Waals surface area contributed by atoms with Crippen LogP contribution in [0.2, 0.25) is 0 Å². The van der Waals surface area contributed by atoms with E-state index in [0.717, 1.165) is 16.3 Å². The number of carbonyl (C=O) groups is 3. The molecule has 10 heteroatoms. The first-order valence-electron chi connectivity index (χ1n) is 12.3. The normalized spacial score (nSPS) is 13.3. The topological polar surface area (TPSA) is 121 Å². The number of hydrogen-bond acceptors (Lipinski definition) is 8. The number of aliphatic hydroxyl groups is 1. The van der Waals surface area contributed by atoms with Gasteiger partial charge in [0.25, 0.3) is 11.8 Å². The lowest BCUT2D eigenvalue weighted by Gasteiger charge is -2.24. The molecular formula is C28H34N4O5S. The highest BCUT2D eigenvalue weighted by Crippen LogP contribution is 2.14. The van der Waals surface area contributed by atoms with Crippen molar-refractivity contribution in [3.8, 4) is 0 Å². The Morgan fingerprint density at radius 2 is 1.82 bits per heavy atom. The molecule has 0 unspecified atom stereocenters.